The van der Waals surface area contributed by atoms with Crippen LogP contribution in [0.4, 0.5) is 0 Å². The van der Waals surface area contributed by atoms with E-state index in [9.17, 15) is 4.79 Å². The molecule has 0 aliphatic rings. The first-order valence-electron chi connectivity index (χ1n) is 3.65. The highest BCUT2D eigenvalue weighted by Crippen LogP contribution is 2.02. The van der Waals surface area contributed by atoms with Gasteiger partial charge in [-0.25, -0.2) is 0 Å². The summed E-state index contributed by atoms with van der Waals surface area (Å²) in [4.78, 5) is 10.3. The molecule has 0 unspecified atom stereocenters. The Morgan fingerprint density at radius 1 is 1.42 bits per heavy atom. The molecule has 0 bridgehead atoms. The summed E-state index contributed by atoms with van der Waals surface area (Å²) >= 11 is 0. The molecule has 0 aliphatic heterocycles. The van der Waals surface area contributed by atoms with Crippen molar-refractivity contribution in [3.05, 3.63) is 35.9 Å². The molecule has 3 nitrogen and oxygen atoms in total. The molecule has 62 valence electrons. The van der Waals surface area contributed by atoms with Gasteiger partial charge in [-0.3, -0.25) is 4.79 Å². The fraction of sp³-hybridized carbons (Fsp3) is 0.222. The van der Waals surface area contributed by atoms with Gasteiger partial charge in [-0.2, -0.15) is 0 Å². The number of aliphatic carboxylic acids is 1. The summed E-state index contributed by atoms with van der Waals surface area (Å²) in [5.41, 5.74) is 9.81. The summed E-state index contributed by atoms with van der Waals surface area (Å²) in [6, 6.07) is 7.73. The van der Waals surface area contributed by atoms with E-state index in [1.54, 1.807) is 12.1 Å². The van der Waals surface area contributed by atoms with Crippen molar-refractivity contribution in [3.8, 4) is 0 Å². The second-order valence-corrected chi connectivity index (χ2v) is 2.54. The fourth-order valence-corrected chi connectivity index (χ4v) is 0.925. The summed E-state index contributed by atoms with van der Waals surface area (Å²) in [5, 5.41) is 8.39. The van der Waals surface area contributed by atoms with E-state index in [1.165, 1.54) is 0 Å². The Bertz CT molecular complexity index is 258. The molecule has 0 aromatic heterocycles. The summed E-state index contributed by atoms with van der Waals surface area (Å²) in [5.74, 6) is -1.18. The predicted molar refractivity (Wildman–Crippen MR) is 43.7 cm³/mol. The molecule has 1 rings (SSSR count). The number of carboxylic acid groups (broad SMARTS) is 1. The average Bonchev–Trinajstić information content (AvgIpc) is 2.06. The maximum absolute atomic E-state index is 10.3. The minimum Gasteiger partial charge on any atom is -0.480 e. The van der Waals surface area contributed by atoms with E-state index in [0.717, 1.165) is 5.56 Å². The van der Waals surface area contributed by atoms with Crippen LogP contribution in [0, 0.1) is 0 Å². The SMILES string of the molecule is [15N][C@H](Cc1ccccc1)C(=O)O. The molecule has 0 aliphatic carbocycles. The lowest BCUT2D eigenvalue weighted by atomic mass is 10.1. The highest BCUT2D eigenvalue weighted by atomic mass is 16.4. The van der Waals surface area contributed by atoms with Gasteiger partial charge < -0.3 is 5.11 Å². The quantitative estimate of drug-likeness (QED) is 0.670. The Kier molecular flexibility index (Phi) is 2.82. The van der Waals surface area contributed by atoms with Gasteiger partial charge in [0.15, 0.2) is 0 Å². The minimum absolute atomic E-state index is 0.163. The van der Waals surface area contributed by atoms with Crippen molar-refractivity contribution in [1.29, 1.82) is 0 Å². The van der Waals surface area contributed by atoms with E-state index in [1.807, 2.05) is 18.2 Å². The lowest BCUT2D eigenvalue weighted by molar-refractivity contribution is -0.138. The van der Waals surface area contributed by atoms with Crippen molar-refractivity contribution in [2.24, 2.45) is 0 Å². The number of hydrogen-bond acceptors (Lipinski definition) is 1. The summed E-state index contributed by atoms with van der Waals surface area (Å²) < 4.78 is 0. The first kappa shape index (κ1) is 8.74. The molecule has 2 radical (unpaired) electrons. The summed E-state index contributed by atoms with van der Waals surface area (Å²) in [7, 11) is 0. The second-order valence-electron chi connectivity index (χ2n) is 2.54. The lowest BCUT2D eigenvalue weighted by Gasteiger charge is -2.02. The Morgan fingerprint density at radius 3 is 2.50 bits per heavy atom. The zero-order chi connectivity index (χ0) is 8.97. The fourth-order valence-electron chi connectivity index (χ4n) is 0.925. The molecule has 1 aromatic carbocycles. The van der Waals surface area contributed by atoms with Crippen LogP contribution in [0.3, 0.4) is 0 Å². The largest absolute Gasteiger partial charge is 0.480 e. The maximum Gasteiger partial charge on any atom is 0.324 e. The van der Waals surface area contributed by atoms with Crippen molar-refractivity contribution in [2.45, 2.75) is 12.5 Å². The molecule has 0 saturated heterocycles. The summed E-state index contributed by atoms with van der Waals surface area (Å²) in [6.07, 6.45) is 0.163. The third-order valence-corrected chi connectivity index (χ3v) is 1.56. The monoisotopic (exact) mass is 164 g/mol. The van der Waals surface area contributed by atoms with Gasteiger partial charge in [-0.1, -0.05) is 30.3 Å². The Balaban J connectivity index is 2.58. The van der Waals surface area contributed by atoms with Crippen molar-refractivity contribution in [1.82, 2.24) is 5.73 Å². The molecule has 0 heterocycles. The number of hydrogen-bond donors (Lipinski definition) is 1. The molecule has 0 saturated carbocycles. The van der Waals surface area contributed by atoms with E-state index in [-0.39, 0.29) is 6.42 Å². The molecule has 0 spiro atoms. The van der Waals surface area contributed by atoms with Crippen molar-refractivity contribution < 1.29 is 9.90 Å². The smallest absolute Gasteiger partial charge is 0.324 e. The van der Waals surface area contributed by atoms with Gasteiger partial charge in [0.05, 0.1) is 0 Å². The number of carboxylic acids is 1. The van der Waals surface area contributed by atoms with Gasteiger partial charge in [-0.05, 0) is 5.56 Å². The Labute approximate surface area is 70.8 Å². The topological polar surface area (TPSA) is 59.6 Å². The number of rotatable bonds is 3. The van der Waals surface area contributed by atoms with E-state index < -0.39 is 12.0 Å². The van der Waals surface area contributed by atoms with Gasteiger partial charge in [-0.15, -0.1) is 5.73 Å². The second kappa shape index (κ2) is 3.88. The molecule has 0 fully saturated rings. The van der Waals surface area contributed by atoms with Gasteiger partial charge >= 0.3 is 5.97 Å². The summed E-state index contributed by atoms with van der Waals surface area (Å²) in [6.45, 7) is 0. The molecule has 1 N–H and O–H groups in total. The van der Waals surface area contributed by atoms with Crippen LogP contribution in [-0.2, 0) is 11.2 Å². The first-order valence-corrected chi connectivity index (χ1v) is 3.65. The van der Waals surface area contributed by atoms with Crippen LogP contribution in [0.2, 0.25) is 0 Å². The highest BCUT2D eigenvalue weighted by molar-refractivity contribution is 5.73. The third-order valence-electron chi connectivity index (χ3n) is 1.56. The molecule has 3 heteroatoms. The Morgan fingerprint density at radius 2 is 2.00 bits per heavy atom. The molecule has 1 aromatic rings. The van der Waals surface area contributed by atoms with Crippen LogP contribution in [-0.4, -0.2) is 17.1 Å². The van der Waals surface area contributed by atoms with Gasteiger partial charge in [0, 0.05) is 6.42 Å². The molecule has 12 heavy (non-hydrogen) atoms. The molecular weight excluding hydrogens is 155 g/mol. The van der Waals surface area contributed by atoms with E-state index in [2.05, 4.69) is 0 Å². The van der Waals surface area contributed by atoms with Crippen molar-refractivity contribution in [3.63, 3.8) is 0 Å². The average molecular weight is 164 g/mol. The van der Waals surface area contributed by atoms with Crippen LogP contribution < -0.4 is 5.73 Å². The van der Waals surface area contributed by atoms with Crippen LogP contribution in [0.15, 0.2) is 30.3 Å². The van der Waals surface area contributed by atoms with Crippen molar-refractivity contribution in [2.75, 3.05) is 0 Å². The van der Waals surface area contributed by atoms with Crippen LogP contribution >= 0.6 is 0 Å². The highest BCUT2D eigenvalue weighted by Gasteiger charge is 2.13. The predicted octanol–water partition coefficient (Wildman–Crippen LogP) is 0.751. The van der Waals surface area contributed by atoms with E-state index in [4.69, 9.17) is 10.8 Å². The molecular formula is C9H9NO2. The molecule has 1 atom stereocenters. The van der Waals surface area contributed by atoms with Crippen LogP contribution in [0.25, 0.3) is 0 Å². The first-order chi connectivity index (χ1) is 5.70. The van der Waals surface area contributed by atoms with Gasteiger partial charge in [0.1, 0.15) is 6.04 Å². The number of benzene rings is 1. The van der Waals surface area contributed by atoms with E-state index >= 15 is 0 Å². The zero-order valence-corrected chi connectivity index (χ0v) is 6.47. The standard InChI is InChI=1S/C9H9NO2/c10-8(9(11)12)6-7-4-2-1-3-5-7/h1-5,8H,6H2,(H,11,12)/t8-/m1/s1/i10+1. The number of nitrogens with zero attached hydrogens (tertiary/aromatic N) is 1. The Hall–Kier alpha value is -1.35. The lowest BCUT2D eigenvalue weighted by Crippen LogP contribution is -2.23. The zero-order valence-electron chi connectivity index (χ0n) is 6.47. The van der Waals surface area contributed by atoms with Crippen molar-refractivity contribution >= 4 is 5.97 Å². The van der Waals surface area contributed by atoms with Crippen LogP contribution in [0.5, 0.6) is 0 Å². The van der Waals surface area contributed by atoms with E-state index in [0.29, 0.717) is 0 Å². The normalized spacial score (nSPS) is 12.4. The molecule has 0 amide bonds. The third kappa shape index (κ3) is 2.36. The van der Waals surface area contributed by atoms with Crippen LogP contribution in [0.1, 0.15) is 5.56 Å². The maximum atomic E-state index is 10.3. The minimum atomic E-state index is -1.30. The number of carbonyl (C=O) groups is 1. The van der Waals surface area contributed by atoms with Gasteiger partial charge in [0.2, 0.25) is 0 Å². The van der Waals surface area contributed by atoms with Gasteiger partial charge in [0.25, 0.3) is 0 Å².